The summed E-state index contributed by atoms with van der Waals surface area (Å²) in [6.07, 6.45) is 1.12. The first kappa shape index (κ1) is 25.3. The van der Waals surface area contributed by atoms with Crippen LogP contribution in [0.25, 0.3) is 5.69 Å². The molecule has 4 rings (SSSR count). The van der Waals surface area contributed by atoms with Gasteiger partial charge in [0.1, 0.15) is 5.82 Å². The lowest BCUT2D eigenvalue weighted by Crippen LogP contribution is -2.49. The van der Waals surface area contributed by atoms with Crippen molar-refractivity contribution in [2.24, 2.45) is 5.92 Å². The maximum Gasteiger partial charge on any atom is 0.352 e. The molecule has 1 aliphatic rings. The quantitative estimate of drug-likeness (QED) is 0.468. The van der Waals surface area contributed by atoms with Crippen LogP contribution < -0.4 is 11.2 Å². The third kappa shape index (κ3) is 5.38. The number of likely N-dealkylation sites (tertiary alicyclic amines) is 1. The third-order valence-corrected chi connectivity index (χ3v) is 6.17. The number of carbonyl (C=O) groups excluding carboxylic acids is 2. The van der Waals surface area contributed by atoms with Crippen LogP contribution >= 0.6 is 11.6 Å². The highest BCUT2D eigenvalue weighted by atomic mass is 35.5. The van der Waals surface area contributed by atoms with E-state index in [1.54, 1.807) is 19.1 Å². The minimum Gasteiger partial charge on any atom is -0.466 e. The fourth-order valence-electron chi connectivity index (χ4n) is 4.08. The molecule has 1 aliphatic heterocycles. The van der Waals surface area contributed by atoms with E-state index in [2.05, 4.69) is 5.10 Å². The summed E-state index contributed by atoms with van der Waals surface area (Å²) in [5.41, 5.74) is -1.32. The molecule has 36 heavy (non-hydrogen) atoms. The number of esters is 1. The Bertz CT molecular complexity index is 1390. The summed E-state index contributed by atoms with van der Waals surface area (Å²) in [5.74, 6) is -2.06. The predicted molar refractivity (Wildman–Crippen MR) is 130 cm³/mol. The zero-order valence-corrected chi connectivity index (χ0v) is 20.3. The van der Waals surface area contributed by atoms with Gasteiger partial charge in [0.15, 0.2) is 0 Å². The van der Waals surface area contributed by atoms with E-state index in [9.17, 15) is 23.6 Å². The van der Waals surface area contributed by atoms with Crippen molar-refractivity contribution in [3.8, 4) is 5.69 Å². The first-order valence-corrected chi connectivity index (χ1v) is 11.9. The maximum absolute atomic E-state index is 13.5. The van der Waals surface area contributed by atoms with Crippen molar-refractivity contribution in [3.05, 3.63) is 91.5 Å². The first-order chi connectivity index (χ1) is 17.3. The third-order valence-electron chi connectivity index (χ3n) is 5.92. The lowest BCUT2D eigenvalue weighted by Gasteiger charge is -2.31. The van der Waals surface area contributed by atoms with Gasteiger partial charge >= 0.3 is 11.7 Å². The van der Waals surface area contributed by atoms with Crippen LogP contribution in [0, 0.1) is 11.7 Å². The number of amides is 1. The number of hydrogen-bond acceptors (Lipinski definition) is 6. The fourth-order valence-corrected chi connectivity index (χ4v) is 4.20. The highest BCUT2D eigenvalue weighted by Gasteiger charge is 2.32. The molecule has 2 heterocycles. The maximum atomic E-state index is 13.5. The fraction of sp³-hybridized carbons (Fsp3) is 0.320. The standard InChI is InChI=1S/C25H24ClFN4O5/c1-2-36-24(34)17-4-3-13-29(15-17)22(32)21-23(33)30(14-16-5-9-19(27)10-6-16)25(35)31(28-21)20-11-7-18(26)8-12-20/h5-12,17H,2-4,13-15H2,1H3/t17-/m0/s1. The monoisotopic (exact) mass is 514 g/mol. The molecule has 11 heteroatoms. The summed E-state index contributed by atoms with van der Waals surface area (Å²) in [4.78, 5) is 53.7. The summed E-state index contributed by atoms with van der Waals surface area (Å²) in [6, 6.07) is 11.5. The number of hydrogen-bond donors (Lipinski definition) is 0. The van der Waals surface area contributed by atoms with Crippen LogP contribution in [0.3, 0.4) is 0 Å². The molecule has 0 spiro atoms. The van der Waals surface area contributed by atoms with Crippen LogP contribution in [0.5, 0.6) is 0 Å². The topological polar surface area (TPSA) is 104 Å². The van der Waals surface area contributed by atoms with Gasteiger partial charge < -0.3 is 9.64 Å². The largest absolute Gasteiger partial charge is 0.466 e. The van der Waals surface area contributed by atoms with Crippen molar-refractivity contribution in [2.45, 2.75) is 26.3 Å². The van der Waals surface area contributed by atoms with Gasteiger partial charge in [-0.05, 0) is 61.7 Å². The van der Waals surface area contributed by atoms with E-state index in [1.807, 2.05) is 0 Å². The number of carbonyl (C=O) groups is 2. The van der Waals surface area contributed by atoms with Gasteiger partial charge in [0, 0.05) is 18.1 Å². The molecule has 9 nitrogen and oxygen atoms in total. The smallest absolute Gasteiger partial charge is 0.352 e. The van der Waals surface area contributed by atoms with Crippen LogP contribution in [0.2, 0.25) is 5.02 Å². The number of halogens is 2. The molecule has 0 aliphatic carbocycles. The van der Waals surface area contributed by atoms with Gasteiger partial charge in [-0.3, -0.25) is 19.0 Å². The van der Waals surface area contributed by atoms with E-state index in [1.165, 1.54) is 41.3 Å². The zero-order chi connectivity index (χ0) is 25.8. The summed E-state index contributed by atoms with van der Waals surface area (Å²) in [6.45, 7) is 2.15. The lowest BCUT2D eigenvalue weighted by molar-refractivity contribution is -0.149. The van der Waals surface area contributed by atoms with Crippen LogP contribution in [-0.2, 0) is 16.1 Å². The molecule has 188 valence electrons. The summed E-state index contributed by atoms with van der Waals surface area (Å²) in [7, 11) is 0. The molecule has 0 bridgehead atoms. The van der Waals surface area contributed by atoms with Crippen LogP contribution in [0.15, 0.2) is 58.1 Å². The van der Waals surface area contributed by atoms with Crippen molar-refractivity contribution in [1.29, 1.82) is 0 Å². The second-order valence-electron chi connectivity index (χ2n) is 8.38. The van der Waals surface area contributed by atoms with E-state index < -0.39 is 40.6 Å². The van der Waals surface area contributed by atoms with E-state index >= 15 is 0 Å². The Kier molecular flexibility index (Phi) is 7.64. The average Bonchev–Trinajstić information content (AvgIpc) is 2.88. The van der Waals surface area contributed by atoms with E-state index in [-0.39, 0.29) is 19.7 Å². The Morgan fingerprint density at radius 3 is 2.47 bits per heavy atom. The number of nitrogens with zero attached hydrogens (tertiary/aromatic N) is 4. The zero-order valence-electron chi connectivity index (χ0n) is 19.5. The number of aromatic nitrogens is 3. The van der Waals surface area contributed by atoms with Gasteiger partial charge in [-0.1, -0.05) is 23.7 Å². The van der Waals surface area contributed by atoms with Crippen LogP contribution in [0.1, 0.15) is 35.8 Å². The van der Waals surface area contributed by atoms with Crippen molar-refractivity contribution in [2.75, 3.05) is 19.7 Å². The van der Waals surface area contributed by atoms with Crippen molar-refractivity contribution >= 4 is 23.5 Å². The molecule has 1 saturated heterocycles. The Hall–Kier alpha value is -3.79. The van der Waals surface area contributed by atoms with Gasteiger partial charge in [0.2, 0.25) is 5.69 Å². The minimum absolute atomic E-state index is 0.0802. The van der Waals surface area contributed by atoms with Crippen LogP contribution in [0.4, 0.5) is 4.39 Å². The molecule has 0 saturated carbocycles. The van der Waals surface area contributed by atoms with Gasteiger partial charge in [-0.25, -0.2) is 9.18 Å². The molecule has 0 unspecified atom stereocenters. The predicted octanol–water partition coefficient (Wildman–Crippen LogP) is 2.65. The summed E-state index contributed by atoms with van der Waals surface area (Å²) < 4.78 is 20.3. The second-order valence-corrected chi connectivity index (χ2v) is 8.82. The van der Waals surface area contributed by atoms with Crippen molar-refractivity contribution < 1.29 is 18.7 Å². The molecule has 1 amide bonds. The molecule has 0 radical (unpaired) electrons. The summed E-state index contributed by atoms with van der Waals surface area (Å²) in [5, 5.41) is 4.56. The van der Waals surface area contributed by atoms with Crippen molar-refractivity contribution in [1.82, 2.24) is 19.2 Å². The molecular weight excluding hydrogens is 491 g/mol. The SMILES string of the molecule is CCOC(=O)[C@H]1CCCN(C(=O)c2nn(-c3ccc(Cl)cc3)c(=O)n(Cc3ccc(F)cc3)c2=O)C1. The molecule has 3 aromatic rings. The molecular formula is C25H24ClFN4O5. The number of benzene rings is 2. The molecule has 1 aromatic heterocycles. The minimum atomic E-state index is -0.877. The van der Waals surface area contributed by atoms with Crippen LogP contribution in [-0.4, -0.2) is 50.8 Å². The number of piperidine rings is 1. The lowest BCUT2D eigenvalue weighted by atomic mass is 9.98. The van der Waals surface area contributed by atoms with Gasteiger partial charge in [0.25, 0.3) is 11.5 Å². The van der Waals surface area contributed by atoms with Crippen molar-refractivity contribution in [3.63, 3.8) is 0 Å². The van der Waals surface area contributed by atoms with Gasteiger partial charge in [-0.15, -0.1) is 0 Å². The summed E-state index contributed by atoms with van der Waals surface area (Å²) >= 11 is 5.97. The molecule has 2 aromatic carbocycles. The Morgan fingerprint density at radius 1 is 1.11 bits per heavy atom. The molecule has 1 fully saturated rings. The highest BCUT2D eigenvalue weighted by Crippen LogP contribution is 2.19. The normalized spacial score (nSPS) is 15.5. The molecule has 1 atom stereocenters. The first-order valence-electron chi connectivity index (χ1n) is 11.5. The Morgan fingerprint density at radius 2 is 1.81 bits per heavy atom. The average molecular weight is 515 g/mol. The number of ether oxygens (including phenoxy) is 1. The second kappa shape index (κ2) is 10.9. The van der Waals surface area contributed by atoms with Gasteiger partial charge in [-0.2, -0.15) is 9.78 Å². The van der Waals surface area contributed by atoms with E-state index in [0.717, 1.165) is 9.25 Å². The Balaban J connectivity index is 1.78. The van der Waals surface area contributed by atoms with E-state index in [4.69, 9.17) is 16.3 Å². The van der Waals surface area contributed by atoms with E-state index in [0.29, 0.717) is 35.7 Å². The van der Waals surface area contributed by atoms with Gasteiger partial charge in [0.05, 0.1) is 24.8 Å². The highest BCUT2D eigenvalue weighted by molar-refractivity contribution is 6.30. The molecule has 0 N–H and O–H groups in total. The Labute approximate surface area is 210 Å². The number of rotatable bonds is 6.